The molecule has 0 saturated heterocycles. The number of nitrogens with zero attached hydrogens (tertiary/aromatic N) is 1. The van der Waals surface area contributed by atoms with Crippen molar-refractivity contribution in [1.29, 1.82) is 0 Å². The summed E-state index contributed by atoms with van der Waals surface area (Å²) < 4.78 is 10.7. The van der Waals surface area contributed by atoms with E-state index in [1.165, 1.54) is 0 Å². The van der Waals surface area contributed by atoms with Gasteiger partial charge in [-0.3, -0.25) is 4.90 Å². The smallest absolute Gasteiger partial charge is 0.117 e. The minimum absolute atomic E-state index is 0.101. The highest BCUT2D eigenvalue weighted by molar-refractivity contribution is 5.01. The molecule has 2 N–H and O–H groups in total. The fourth-order valence-electron chi connectivity index (χ4n) is 2.22. The highest BCUT2D eigenvalue weighted by Crippen LogP contribution is 2.22. The monoisotopic (exact) mass is 240 g/mol. The van der Waals surface area contributed by atoms with Crippen molar-refractivity contribution in [2.75, 3.05) is 26.8 Å². The molecule has 1 atom stereocenters. The van der Waals surface area contributed by atoms with Crippen LogP contribution in [0.15, 0.2) is 22.8 Å². The molecule has 0 spiro atoms. The van der Waals surface area contributed by atoms with E-state index < -0.39 is 0 Å². The average Bonchev–Trinajstić information content (AvgIpc) is 2.86. The van der Waals surface area contributed by atoms with Crippen molar-refractivity contribution in [3.63, 3.8) is 0 Å². The SMILES string of the molecule is CCN(Cc1ccco1)C(CC)(CN)COC. The molecule has 0 aliphatic rings. The molecule has 0 radical (unpaired) electrons. The third kappa shape index (κ3) is 3.31. The Labute approximate surface area is 104 Å². The molecule has 0 aromatic carbocycles. The molecule has 1 unspecified atom stereocenters. The first-order valence-electron chi connectivity index (χ1n) is 6.18. The predicted molar refractivity (Wildman–Crippen MR) is 68.7 cm³/mol. The van der Waals surface area contributed by atoms with Crippen LogP contribution in [0.2, 0.25) is 0 Å². The Morgan fingerprint density at radius 1 is 1.47 bits per heavy atom. The number of hydrogen-bond acceptors (Lipinski definition) is 4. The van der Waals surface area contributed by atoms with Gasteiger partial charge in [-0.05, 0) is 25.1 Å². The number of ether oxygens (including phenoxy) is 1. The molecule has 17 heavy (non-hydrogen) atoms. The highest BCUT2D eigenvalue weighted by Gasteiger charge is 2.33. The predicted octanol–water partition coefficient (Wildman–Crippen LogP) is 1.86. The van der Waals surface area contributed by atoms with Crippen molar-refractivity contribution in [3.8, 4) is 0 Å². The average molecular weight is 240 g/mol. The summed E-state index contributed by atoms with van der Waals surface area (Å²) in [5, 5.41) is 0. The van der Waals surface area contributed by atoms with Crippen molar-refractivity contribution in [1.82, 2.24) is 4.90 Å². The maximum Gasteiger partial charge on any atom is 0.117 e. The van der Waals surface area contributed by atoms with Crippen LogP contribution >= 0.6 is 0 Å². The number of nitrogens with two attached hydrogens (primary N) is 1. The Morgan fingerprint density at radius 3 is 2.65 bits per heavy atom. The van der Waals surface area contributed by atoms with Gasteiger partial charge in [0.1, 0.15) is 5.76 Å². The summed E-state index contributed by atoms with van der Waals surface area (Å²) in [5.41, 5.74) is 5.86. The number of likely N-dealkylation sites (N-methyl/N-ethyl adjacent to an activating group) is 1. The van der Waals surface area contributed by atoms with E-state index in [4.69, 9.17) is 14.9 Å². The molecule has 0 aliphatic heterocycles. The van der Waals surface area contributed by atoms with Gasteiger partial charge in [-0.15, -0.1) is 0 Å². The lowest BCUT2D eigenvalue weighted by Gasteiger charge is -2.41. The summed E-state index contributed by atoms with van der Waals surface area (Å²) >= 11 is 0. The summed E-state index contributed by atoms with van der Waals surface area (Å²) in [4.78, 5) is 2.33. The standard InChI is InChI=1S/C13H24N2O2/c1-4-13(10-14,11-16-3)15(5-2)9-12-7-6-8-17-12/h6-8H,4-5,9-11,14H2,1-3H3. The molecular formula is C13H24N2O2. The Morgan fingerprint density at radius 2 is 2.24 bits per heavy atom. The van der Waals surface area contributed by atoms with Crippen LogP contribution in [0.3, 0.4) is 0 Å². The lowest BCUT2D eigenvalue weighted by atomic mass is 9.94. The summed E-state index contributed by atoms with van der Waals surface area (Å²) in [7, 11) is 1.72. The lowest BCUT2D eigenvalue weighted by Crippen LogP contribution is -2.56. The summed E-state index contributed by atoms with van der Waals surface area (Å²) in [6.07, 6.45) is 2.67. The van der Waals surface area contributed by atoms with Gasteiger partial charge in [0.15, 0.2) is 0 Å². The minimum Gasteiger partial charge on any atom is -0.468 e. The van der Waals surface area contributed by atoms with E-state index in [0.29, 0.717) is 13.2 Å². The Balaban J connectivity index is 2.80. The van der Waals surface area contributed by atoms with E-state index in [0.717, 1.165) is 25.3 Å². The number of rotatable bonds is 8. The van der Waals surface area contributed by atoms with Crippen molar-refractivity contribution >= 4 is 0 Å². The fraction of sp³-hybridized carbons (Fsp3) is 0.692. The van der Waals surface area contributed by atoms with E-state index >= 15 is 0 Å². The molecule has 4 heteroatoms. The van der Waals surface area contributed by atoms with Crippen molar-refractivity contribution in [2.45, 2.75) is 32.4 Å². The first-order valence-corrected chi connectivity index (χ1v) is 6.18. The van der Waals surface area contributed by atoms with Crippen LogP contribution in [0.4, 0.5) is 0 Å². The van der Waals surface area contributed by atoms with Crippen LogP contribution in [0, 0.1) is 0 Å². The van der Waals surface area contributed by atoms with Gasteiger partial charge in [0, 0.05) is 13.7 Å². The second-order valence-electron chi connectivity index (χ2n) is 4.31. The van der Waals surface area contributed by atoms with E-state index in [1.807, 2.05) is 12.1 Å². The van der Waals surface area contributed by atoms with E-state index in [2.05, 4.69) is 18.7 Å². The molecule has 0 aliphatic carbocycles. The lowest BCUT2D eigenvalue weighted by molar-refractivity contribution is 0.00609. The highest BCUT2D eigenvalue weighted by atomic mass is 16.5. The molecule has 1 heterocycles. The molecule has 4 nitrogen and oxygen atoms in total. The van der Waals surface area contributed by atoms with Crippen molar-refractivity contribution in [2.24, 2.45) is 5.73 Å². The molecule has 98 valence electrons. The van der Waals surface area contributed by atoms with Gasteiger partial charge in [0.2, 0.25) is 0 Å². The summed E-state index contributed by atoms with van der Waals surface area (Å²) in [6.45, 7) is 7.22. The van der Waals surface area contributed by atoms with Crippen molar-refractivity contribution in [3.05, 3.63) is 24.2 Å². The zero-order valence-corrected chi connectivity index (χ0v) is 11.1. The Hall–Kier alpha value is -0.840. The number of furan rings is 1. The quantitative estimate of drug-likeness (QED) is 0.753. The molecule has 0 saturated carbocycles. The van der Waals surface area contributed by atoms with Gasteiger partial charge >= 0.3 is 0 Å². The van der Waals surface area contributed by atoms with Crippen LogP contribution in [0.5, 0.6) is 0 Å². The van der Waals surface area contributed by atoms with Crippen LogP contribution in [0.1, 0.15) is 26.0 Å². The third-order valence-electron chi connectivity index (χ3n) is 3.43. The zero-order chi connectivity index (χ0) is 12.7. The second kappa shape index (κ2) is 6.79. The van der Waals surface area contributed by atoms with E-state index in [-0.39, 0.29) is 5.54 Å². The van der Waals surface area contributed by atoms with Gasteiger partial charge in [0.25, 0.3) is 0 Å². The molecule has 1 aromatic rings. The van der Waals surface area contributed by atoms with Gasteiger partial charge < -0.3 is 14.9 Å². The first kappa shape index (κ1) is 14.2. The second-order valence-corrected chi connectivity index (χ2v) is 4.31. The largest absolute Gasteiger partial charge is 0.468 e. The number of hydrogen-bond donors (Lipinski definition) is 1. The molecule has 0 amide bonds. The molecule has 0 fully saturated rings. The van der Waals surface area contributed by atoms with Crippen molar-refractivity contribution < 1.29 is 9.15 Å². The Bertz CT molecular complexity index is 294. The third-order valence-corrected chi connectivity index (χ3v) is 3.43. The van der Waals surface area contributed by atoms with E-state index in [1.54, 1.807) is 13.4 Å². The first-order chi connectivity index (χ1) is 8.22. The summed E-state index contributed by atoms with van der Waals surface area (Å²) in [6, 6.07) is 3.90. The Kier molecular flexibility index (Phi) is 5.68. The van der Waals surface area contributed by atoms with Crippen LogP contribution in [-0.2, 0) is 11.3 Å². The van der Waals surface area contributed by atoms with Crippen LogP contribution in [-0.4, -0.2) is 37.2 Å². The molecular weight excluding hydrogens is 216 g/mol. The number of methoxy groups -OCH3 is 1. The van der Waals surface area contributed by atoms with Gasteiger partial charge in [0.05, 0.1) is 25.0 Å². The van der Waals surface area contributed by atoms with Gasteiger partial charge in [-0.25, -0.2) is 0 Å². The normalized spacial score (nSPS) is 15.1. The van der Waals surface area contributed by atoms with Gasteiger partial charge in [-0.2, -0.15) is 0 Å². The molecule has 0 bridgehead atoms. The molecule has 1 aromatic heterocycles. The molecule has 1 rings (SSSR count). The van der Waals surface area contributed by atoms with Gasteiger partial charge in [-0.1, -0.05) is 13.8 Å². The maximum atomic E-state index is 5.96. The van der Waals surface area contributed by atoms with Crippen LogP contribution < -0.4 is 5.73 Å². The maximum absolute atomic E-state index is 5.96. The minimum atomic E-state index is -0.101. The zero-order valence-electron chi connectivity index (χ0n) is 11.1. The topological polar surface area (TPSA) is 51.6 Å². The van der Waals surface area contributed by atoms with Crippen LogP contribution in [0.25, 0.3) is 0 Å². The summed E-state index contributed by atoms with van der Waals surface area (Å²) in [5.74, 6) is 0.967. The fourth-order valence-corrected chi connectivity index (χ4v) is 2.22. The van der Waals surface area contributed by atoms with E-state index in [9.17, 15) is 0 Å².